The summed E-state index contributed by atoms with van der Waals surface area (Å²) in [6.07, 6.45) is 0. The van der Waals surface area contributed by atoms with Crippen molar-refractivity contribution in [3.63, 3.8) is 0 Å². The maximum Gasteiger partial charge on any atom is 0.271 e. The molecule has 0 saturated heterocycles. The molecule has 2 aromatic carbocycles. The summed E-state index contributed by atoms with van der Waals surface area (Å²) in [4.78, 5) is 22.1. The lowest BCUT2D eigenvalue weighted by Gasteiger charge is -2.09. The zero-order valence-corrected chi connectivity index (χ0v) is 12.5. The van der Waals surface area contributed by atoms with Crippen LogP contribution in [0.5, 0.6) is 5.75 Å². The molecule has 0 atom stereocenters. The molecular weight excluding hydrogens is 308 g/mol. The van der Waals surface area contributed by atoms with E-state index in [2.05, 4.69) is 5.32 Å². The van der Waals surface area contributed by atoms with Crippen molar-refractivity contribution in [2.75, 3.05) is 11.9 Å². The van der Waals surface area contributed by atoms with Crippen molar-refractivity contribution in [3.8, 4) is 5.75 Å². The molecule has 2 rings (SSSR count). The predicted molar refractivity (Wildman–Crippen MR) is 83.4 cm³/mol. The number of hydrogen-bond acceptors (Lipinski definition) is 4. The van der Waals surface area contributed by atoms with Crippen LogP contribution in [0.1, 0.15) is 5.56 Å². The second-order valence-electron chi connectivity index (χ2n) is 4.55. The van der Waals surface area contributed by atoms with Gasteiger partial charge in [0.2, 0.25) is 0 Å². The number of rotatable bonds is 5. The van der Waals surface area contributed by atoms with Gasteiger partial charge in [0.25, 0.3) is 11.6 Å². The standard InChI is InChI=1S/C15H13ClN2O4/c1-10-5-6-12(18(20)21)8-14(10)17-15(19)9-22-13-4-2-3-11(16)7-13/h2-8H,9H2,1H3,(H,17,19). The van der Waals surface area contributed by atoms with Gasteiger partial charge in [-0.1, -0.05) is 23.7 Å². The van der Waals surface area contributed by atoms with Crippen LogP contribution >= 0.6 is 11.6 Å². The van der Waals surface area contributed by atoms with E-state index in [1.54, 1.807) is 37.3 Å². The minimum Gasteiger partial charge on any atom is -0.484 e. The van der Waals surface area contributed by atoms with Crippen LogP contribution < -0.4 is 10.1 Å². The smallest absolute Gasteiger partial charge is 0.271 e. The Morgan fingerprint density at radius 2 is 2.09 bits per heavy atom. The van der Waals surface area contributed by atoms with Gasteiger partial charge >= 0.3 is 0 Å². The summed E-state index contributed by atoms with van der Waals surface area (Å²) in [5.74, 6) is 0.0574. The molecule has 0 radical (unpaired) electrons. The van der Waals surface area contributed by atoms with Gasteiger partial charge in [-0.3, -0.25) is 14.9 Å². The SMILES string of the molecule is Cc1ccc([N+](=O)[O-])cc1NC(=O)COc1cccc(Cl)c1. The molecule has 0 aliphatic heterocycles. The highest BCUT2D eigenvalue weighted by molar-refractivity contribution is 6.30. The van der Waals surface area contributed by atoms with Gasteiger partial charge in [0.05, 0.1) is 10.6 Å². The van der Waals surface area contributed by atoms with Crippen molar-refractivity contribution < 1.29 is 14.5 Å². The summed E-state index contributed by atoms with van der Waals surface area (Å²) in [5, 5.41) is 13.8. The number of ether oxygens (including phenoxy) is 1. The first kappa shape index (κ1) is 15.8. The van der Waals surface area contributed by atoms with Gasteiger partial charge in [0, 0.05) is 17.2 Å². The van der Waals surface area contributed by atoms with Crippen LogP contribution in [-0.4, -0.2) is 17.4 Å². The van der Waals surface area contributed by atoms with Gasteiger partial charge in [-0.25, -0.2) is 0 Å². The number of carbonyl (C=O) groups excluding carboxylic acids is 1. The lowest BCUT2D eigenvalue weighted by Crippen LogP contribution is -2.20. The van der Waals surface area contributed by atoms with Gasteiger partial charge in [-0.2, -0.15) is 0 Å². The van der Waals surface area contributed by atoms with Crippen molar-refractivity contribution in [3.05, 3.63) is 63.2 Å². The number of nitrogens with zero attached hydrogens (tertiary/aromatic N) is 1. The van der Waals surface area contributed by atoms with Crippen LogP contribution in [0.15, 0.2) is 42.5 Å². The second-order valence-corrected chi connectivity index (χ2v) is 4.99. The highest BCUT2D eigenvalue weighted by atomic mass is 35.5. The lowest BCUT2D eigenvalue weighted by molar-refractivity contribution is -0.384. The third-order valence-electron chi connectivity index (χ3n) is 2.87. The van der Waals surface area contributed by atoms with Crippen molar-refractivity contribution in [1.29, 1.82) is 0 Å². The number of nitro benzene ring substituents is 1. The molecule has 2 aromatic rings. The molecule has 0 aliphatic rings. The molecule has 114 valence electrons. The number of amides is 1. The largest absolute Gasteiger partial charge is 0.484 e. The Bertz CT molecular complexity index is 718. The molecule has 22 heavy (non-hydrogen) atoms. The van der Waals surface area contributed by atoms with E-state index in [-0.39, 0.29) is 12.3 Å². The lowest BCUT2D eigenvalue weighted by atomic mass is 10.2. The van der Waals surface area contributed by atoms with E-state index in [1.165, 1.54) is 12.1 Å². The molecular formula is C15H13ClN2O4. The van der Waals surface area contributed by atoms with Crippen LogP contribution in [0.2, 0.25) is 5.02 Å². The Labute approximate surface area is 131 Å². The summed E-state index contributed by atoms with van der Waals surface area (Å²) in [6.45, 7) is 1.53. The topological polar surface area (TPSA) is 81.5 Å². The molecule has 0 aliphatic carbocycles. The van der Waals surface area contributed by atoms with Crippen LogP contribution in [0, 0.1) is 17.0 Å². The number of anilines is 1. The van der Waals surface area contributed by atoms with E-state index in [0.717, 1.165) is 5.56 Å². The number of aryl methyl sites for hydroxylation is 1. The van der Waals surface area contributed by atoms with Gasteiger partial charge < -0.3 is 10.1 Å². The Hall–Kier alpha value is -2.60. The zero-order chi connectivity index (χ0) is 16.1. The fraction of sp³-hybridized carbons (Fsp3) is 0.133. The molecule has 1 N–H and O–H groups in total. The normalized spacial score (nSPS) is 10.1. The fourth-order valence-corrected chi connectivity index (χ4v) is 1.93. The Morgan fingerprint density at radius 3 is 2.77 bits per heavy atom. The molecule has 7 heteroatoms. The molecule has 0 aromatic heterocycles. The van der Waals surface area contributed by atoms with Gasteiger partial charge in [0.15, 0.2) is 6.61 Å². The van der Waals surface area contributed by atoms with Gasteiger partial charge in [-0.05, 0) is 30.7 Å². The second kappa shape index (κ2) is 6.91. The molecule has 0 saturated carbocycles. The quantitative estimate of drug-likeness (QED) is 0.674. The number of nitro groups is 1. The number of benzene rings is 2. The highest BCUT2D eigenvalue weighted by Crippen LogP contribution is 2.22. The highest BCUT2D eigenvalue weighted by Gasteiger charge is 2.11. The minimum absolute atomic E-state index is 0.0864. The molecule has 0 heterocycles. The third-order valence-corrected chi connectivity index (χ3v) is 3.11. The summed E-state index contributed by atoms with van der Waals surface area (Å²) in [7, 11) is 0. The molecule has 1 amide bonds. The van der Waals surface area contributed by atoms with E-state index in [9.17, 15) is 14.9 Å². The summed E-state index contributed by atoms with van der Waals surface area (Å²) in [6, 6.07) is 10.9. The van der Waals surface area contributed by atoms with Gasteiger partial charge in [-0.15, -0.1) is 0 Å². The van der Waals surface area contributed by atoms with E-state index in [1.807, 2.05) is 0 Å². The first-order valence-electron chi connectivity index (χ1n) is 6.39. The fourth-order valence-electron chi connectivity index (χ4n) is 1.75. The minimum atomic E-state index is -0.516. The molecule has 0 fully saturated rings. The van der Waals surface area contributed by atoms with E-state index in [0.29, 0.717) is 16.5 Å². The van der Waals surface area contributed by atoms with E-state index in [4.69, 9.17) is 16.3 Å². The average Bonchev–Trinajstić information content (AvgIpc) is 2.47. The van der Waals surface area contributed by atoms with Crippen molar-refractivity contribution in [1.82, 2.24) is 0 Å². The summed E-state index contributed by atoms with van der Waals surface area (Å²) >= 11 is 5.81. The maximum absolute atomic E-state index is 11.9. The summed E-state index contributed by atoms with van der Waals surface area (Å²) < 4.78 is 5.31. The Morgan fingerprint density at radius 1 is 1.32 bits per heavy atom. The monoisotopic (exact) mass is 320 g/mol. The van der Waals surface area contributed by atoms with Crippen LogP contribution in [-0.2, 0) is 4.79 Å². The van der Waals surface area contributed by atoms with E-state index >= 15 is 0 Å². The van der Waals surface area contributed by atoms with Crippen LogP contribution in [0.3, 0.4) is 0 Å². The van der Waals surface area contributed by atoms with E-state index < -0.39 is 10.8 Å². The zero-order valence-electron chi connectivity index (χ0n) is 11.7. The number of halogens is 1. The number of non-ortho nitro benzene ring substituents is 1. The Kier molecular flexibility index (Phi) is 4.95. The average molecular weight is 321 g/mol. The number of nitrogens with one attached hydrogen (secondary N) is 1. The third kappa shape index (κ3) is 4.20. The van der Waals surface area contributed by atoms with Crippen molar-refractivity contribution in [2.45, 2.75) is 6.92 Å². The predicted octanol–water partition coefficient (Wildman–Crippen LogP) is 3.57. The van der Waals surface area contributed by atoms with Crippen LogP contribution in [0.4, 0.5) is 11.4 Å². The van der Waals surface area contributed by atoms with Crippen LogP contribution in [0.25, 0.3) is 0 Å². The first-order valence-corrected chi connectivity index (χ1v) is 6.77. The molecule has 0 spiro atoms. The number of carbonyl (C=O) groups is 1. The Balaban J connectivity index is 2.00. The van der Waals surface area contributed by atoms with Gasteiger partial charge in [0.1, 0.15) is 5.75 Å². The maximum atomic E-state index is 11.9. The molecule has 0 unspecified atom stereocenters. The first-order chi connectivity index (χ1) is 10.5. The molecule has 6 nitrogen and oxygen atoms in total. The number of hydrogen-bond donors (Lipinski definition) is 1. The van der Waals surface area contributed by atoms with Crippen molar-refractivity contribution >= 4 is 28.9 Å². The van der Waals surface area contributed by atoms with Crippen molar-refractivity contribution in [2.24, 2.45) is 0 Å². The summed E-state index contributed by atoms with van der Waals surface area (Å²) in [5.41, 5.74) is 1.02. The molecule has 0 bridgehead atoms.